The van der Waals surface area contributed by atoms with Crippen molar-refractivity contribution in [1.29, 1.82) is 0 Å². The van der Waals surface area contributed by atoms with Crippen LogP contribution in [0.15, 0.2) is 5.38 Å². The van der Waals surface area contributed by atoms with Gasteiger partial charge in [-0.05, 0) is 41.7 Å². The number of thiophene rings is 1. The highest BCUT2D eigenvalue weighted by molar-refractivity contribution is 7.12. The molecule has 1 N–H and O–H groups in total. The van der Waals surface area contributed by atoms with Crippen LogP contribution >= 0.6 is 11.3 Å². The van der Waals surface area contributed by atoms with Crippen molar-refractivity contribution in [3.63, 3.8) is 0 Å². The van der Waals surface area contributed by atoms with Gasteiger partial charge in [0.2, 0.25) is 0 Å². The SMILES string of the molecule is CCC1CCc2c(csc2C(=O)O)C1. The molecule has 0 bridgehead atoms. The molecule has 0 spiro atoms. The van der Waals surface area contributed by atoms with Gasteiger partial charge in [-0.1, -0.05) is 13.3 Å². The van der Waals surface area contributed by atoms with E-state index in [0.717, 1.165) is 30.7 Å². The number of hydrogen-bond donors (Lipinski definition) is 1. The maximum Gasteiger partial charge on any atom is 0.346 e. The van der Waals surface area contributed by atoms with E-state index in [1.807, 2.05) is 5.38 Å². The molecule has 0 saturated heterocycles. The second kappa shape index (κ2) is 3.73. The van der Waals surface area contributed by atoms with Gasteiger partial charge in [0.05, 0.1) is 0 Å². The molecule has 0 radical (unpaired) electrons. The molecule has 1 aliphatic rings. The van der Waals surface area contributed by atoms with Crippen molar-refractivity contribution in [1.82, 2.24) is 0 Å². The number of fused-ring (bicyclic) bond motifs is 1. The van der Waals surface area contributed by atoms with Crippen LogP contribution in [0.5, 0.6) is 0 Å². The molecule has 2 nitrogen and oxygen atoms in total. The van der Waals surface area contributed by atoms with E-state index in [4.69, 9.17) is 5.11 Å². The third-order valence-electron chi connectivity index (χ3n) is 3.06. The standard InChI is InChI=1S/C11H14O2S/c1-2-7-3-4-9-8(5-7)6-14-10(9)11(12)13/h6-7H,2-5H2,1H3,(H,12,13). The first-order valence-corrected chi connectivity index (χ1v) is 5.92. The van der Waals surface area contributed by atoms with Crippen molar-refractivity contribution < 1.29 is 9.90 Å². The van der Waals surface area contributed by atoms with Crippen LogP contribution in [0.1, 0.15) is 40.6 Å². The largest absolute Gasteiger partial charge is 0.477 e. The molecule has 1 unspecified atom stereocenters. The van der Waals surface area contributed by atoms with Crippen LogP contribution in [0.25, 0.3) is 0 Å². The summed E-state index contributed by atoms with van der Waals surface area (Å²) in [5.41, 5.74) is 2.39. The molecule has 0 aromatic carbocycles. The monoisotopic (exact) mass is 210 g/mol. The minimum atomic E-state index is -0.758. The van der Waals surface area contributed by atoms with Gasteiger partial charge < -0.3 is 5.11 Å². The van der Waals surface area contributed by atoms with Crippen molar-refractivity contribution in [3.8, 4) is 0 Å². The van der Waals surface area contributed by atoms with Gasteiger partial charge in [0.15, 0.2) is 0 Å². The Morgan fingerprint density at radius 3 is 3.14 bits per heavy atom. The molecule has 1 aromatic rings. The van der Waals surface area contributed by atoms with Crippen LogP contribution in [0.4, 0.5) is 0 Å². The Hall–Kier alpha value is -0.830. The summed E-state index contributed by atoms with van der Waals surface area (Å²) in [5, 5.41) is 11.0. The summed E-state index contributed by atoms with van der Waals surface area (Å²) < 4.78 is 0. The summed E-state index contributed by atoms with van der Waals surface area (Å²) in [6, 6.07) is 0. The highest BCUT2D eigenvalue weighted by Crippen LogP contribution is 2.33. The molecular weight excluding hydrogens is 196 g/mol. The Morgan fingerprint density at radius 2 is 2.50 bits per heavy atom. The first-order chi connectivity index (χ1) is 6.72. The first kappa shape index (κ1) is 9.71. The second-order valence-corrected chi connectivity index (χ2v) is 4.77. The topological polar surface area (TPSA) is 37.3 Å². The third kappa shape index (κ3) is 1.57. The van der Waals surface area contributed by atoms with E-state index in [1.54, 1.807) is 0 Å². The number of aromatic carboxylic acids is 1. The first-order valence-electron chi connectivity index (χ1n) is 5.05. The summed E-state index contributed by atoms with van der Waals surface area (Å²) in [6.45, 7) is 2.21. The molecule has 14 heavy (non-hydrogen) atoms. The zero-order chi connectivity index (χ0) is 10.1. The molecule has 0 fully saturated rings. The van der Waals surface area contributed by atoms with E-state index < -0.39 is 5.97 Å². The Kier molecular flexibility index (Phi) is 2.59. The predicted molar refractivity (Wildman–Crippen MR) is 57.1 cm³/mol. The van der Waals surface area contributed by atoms with Crippen LogP contribution in [0.3, 0.4) is 0 Å². The average Bonchev–Trinajstić information content (AvgIpc) is 2.59. The quantitative estimate of drug-likeness (QED) is 0.814. The van der Waals surface area contributed by atoms with Gasteiger partial charge in [-0.3, -0.25) is 0 Å². The maximum absolute atomic E-state index is 10.9. The lowest BCUT2D eigenvalue weighted by molar-refractivity contribution is 0.0700. The molecule has 0 aliphatic heterocycles. The molecule has 2 rings (SSSR count). The van der Waals surface area contributed by atoms with Crippen molar-refractivity contribution in [2.24, 2.45) is 5.92 Å². The Morgan fingerprint density at radius 1 is 1.71 bits per heavy atom. The van der Waals surface area contributed by atoms with Crippen LogP contribution in [-0.4, -0.2) is 11.1 Å². The zero-order valence-electron chi connectivity index (χ0n) is 8.25. The molecule has 1 aromatic heterocycles. The van der Waals surface area contributed by atoms with Gasteiger partial charge in [0.1, 0.15) is 4.88 Å². The van der Waals surface area contributed by atoms with Crippen molar-refractivity contribution in [2.45, 2.75) is 32.6 Å². The fourth-order valence-corrected chi connectivity index (χ4v) is 3.13. The van der Waals surface area contributed by atoms with E-state index in [-0.39, 0.29) is 0 Å². The number of carbonyl (C=O) groups is 1. The molecule has 0 saturated carbocycles. The second-order valence-electron chi connectivity index (χ2n) is 3.89. The number of hydrogen-bond acceptors (Lipinski definition) is 2. The van der Waals surface area contributed by atoms with Crippen LogP contribution in [0, 0.1) is 5.92 Å². The van der Waals surface area contributed by atoms with E-state index >= 15 is 0 Å². The lowest BCUT2D eigenvalue weighted by atomic mass is 9.84. The van der Waals surface area contributed by atoms with Crippen molar-refractivity contribution in [3.05, 3.63) is 21.4 Å². The van der Waals surface area contributed by atoms with Crippen LogP contribution in [0.2, 0.25) is 0 Å². The molecule has 1 atom stereocenters. The van der Waals surface area contributed by atoms with E-state index in [2.05, 4.69) is 6.92 Å². The fraction of sp³-hybridized carbons (Fsp3) is 0.545. The molecule has 1 aliphatic carbocycles. The normalized spacial score (nSPS) is 20.5. The summed E-state index contributed by atoms with van der Waals surface area (Å²) in [6.07, 6.45) is 4.40. The predicted octanol–water partition coefficient (Wildman–Crippen LogP) is 2.96. The summed E-state index contributed by atoms with van der Waals surface area (Å²) >= 11 is 1.39. The lowest BCUT2D eigenvalue weighted by Crippen LogP contribution is -2.13. The van der Waals surface area contributed by atoms with Crippen LogP contribution < -0.4 is 0 Å². The lowest BCUT2D eigenvalue weighted by Gasteiger charge is -2.21. The summed E-state index contributed by atoms with van der Waals surface area (Å²) in [4.78, 5) is 11.5. The fourth-order valence-electron chi connectivity index (χ4n) is 2.15. The molecule has 76 valence electrons. The van der Waals surface area contributed by atoms with Gasteiger partial charge >= 0.3 is 5.97 Å². The number of rotatable bonds is 2. The molecule has 0 amide bonds. The Bertz CT molecular complexity index is 354. The van der Waals surface area contributed by atoms with Crippen molar-refractivity contribution in [2.75, 3.05) is 0 Å². The highest BCUT2D eigenvalue weighted by atomic mass is 32.1. The summed E-state index contributed by atoms with van der Waals surface area (Å²) in [5.74, 6) is 0.00458. The number of carboxylic acids is 1. The van der Waals surface area contributed by atoms with Gasteiger partial charge in [0.25, 0.3) is 0 Å². The van der Waals surface area contributed by atoms with E-state index in [0.29, 0.717) is 4.88 Å². The van der Waals surface area contributed by atoms with Crippen molar-refractivity contribution >= 4 is 17.3 Å². The zero-order valence-corrected chi connectivity index (χ0v) is 9.06. The number of carboxylic acid groups (broad SMARTS) is 1. The minimum Gasteiger partial charge on any atom is -0.477 e. The Balaban J connectivity index is 2.29. The van der Waals surface area contributed by atoms with Gasteiger partial charge in [-0.2, -0.15) is 0 Å². The Labute approximate surface area is 87.6 Å². The third-order valence-corrected chi connectivity index (χ3v) is 4.12. The molecule has 3 heteroatoms. The van der Waals surface area contributed by atoms with Gasteiger partial charge in [-0.25, -0.2) is 4.79 Å². The van der Waals surface area contributed by atoms with Gasteiger partial charge in [0, 0.05) is 0 Å². The van der Waals surface area contributed by atoms with E-state index in [9.17, 15) is 4.79 Å². The highest BCUT2D eigenvalue weighted by Gasteiger charge is 2.23. The average molecular weight is 210 g/mol. The smallest absolute Gasteiger partial charge is 0.346 e. The molecule has 1 heterocycles. The van der Waals surface area contributed by atoms with Gasteiger partial charge in [-0.15, -0.1) is 11.3 Å². The summed E-state index contributed by atoms with van der Waals surface area (Å²) in [7, 11) is 0. The minimum absolute atomic E-state index is 0.564. The van der Waals surface area contributed by atoms with E-state index in [1.165, 1.54) is 23.3 Å². The van der Waals surface area contributed by atoms with Crippen LogP contribution in [-0.2, 0) is 12.8 Å². The maximum atomic E-state index is 10.9. The molecular formula is C11H14O2S.